The molecule has 4 nitrogen and oxygen atoms in total. The first-order valence-electron chi connectivity index (χ1n) is 6.82. The van der Waals surface area contributed by atoms with Crippen LogP contribution >= 0.6 is 47.8 Å². The largest absolute Gasteiger partial charge is 0.323 e. The fourth-order valence-electron chi connectivity index (χ4n) is 2.44. The molecule has 1 heterocycles. The van der Waals surface area contributed by atoms with Gasteiger partial charge in [-0.25, -0.2) is 0 Å². The molecule has 0 aliphatic carbocycles. The summed E-state index contributed by atoms with van der Waals surface area (Å²) < 4.78 is 2.64. The standard InChI is InChI=1S/C14H18Br3N3O/c1-20(7-10-3-2-4-18-10)8-13(21)19-14-11(16)5-9(15)6-12(14)17/h5-6,10,18H,2-4,7-8H2,1H3,(H,19,21). The van der Waals surface area contributed by atoms with Gasteiger partial charge in [0, 0.05) is 26.0 Å². The van der Waals surface area contributed by atoms with E-state index in [9.17, 15) is 4.79 Å². The molecule has 0 spiro atoms. The minimum atomic E-state index is -0.0146. The Bertz CT molecular complexity index is 495. The van der Waals surface area contributed by atoms with Gasteiger partial charge in [0.1, 0.15) is 0 Å². The number of nitrogens with one attached hydrogen (secondary N) is 2. The molecule has 0 aromatic heterocycles. The SMILES string of the molecule is CN(CC(=O)Nc1c(Br)cc(Br)cc1Br)CC1CCCN1. The number of hydrogen-bond acceptors (Lipinski definition) is 3. The molecule has 2 N–H and O–H groups in total. The fraction of sp³-hybridized carbons (Fsp3) is 0.500. The van der Waals surface area contributed by atoms with Gasteiger partial charge in [-0.05, 0) is 70.4 Å². The number of hydrogen-bond donors (Lipinski definition) is 2. The van der Waals surface area contributed by atoms with E-state index >= 15 is 0 Å². The van der Waals surface area contributed by atoms with Crippen molar-refractivity contribution in [2.24, 2.45) is 0 Å². The molecule has 1 aliphatic rings. The Morgan fingerprint density at radius 3 is 2.62 bits per heavy atom. The molecular weight excluding hydrogens is 466 g/mol. The van der Waals surface area contributed by atoms with Gasteiger partial charge >= 0.3 is 0 Å². The highest BCUT2D eigenvalue weighted by atomic mass is 79.9. The molecule has 1 amide bonds. The predicted molar refractivity (Wildman–Crippen MR) is 96.7 cm³/mol. The fourth-order valence-corrected chi connectivity index (χ4v) is 4.90. The molecule has 0 bridgehead atoms. The number of nitrogens with zero attached hydrogens (tertiary/aromatic N) is 1. The normalized spacial score (nSPS) is 18.2. The quantitative estimate of drug-likeness (QED) is 0.672. The Balaban J connectivity index is 1.89. The third-order valence-electron chi connectivity index (χ3n) is 3.38. The minimum Gasteiger partial charge on any atom is -0.323 e. The van der Waals surface area contributed by atoms with E-state index in [1.54, 1.807) is 0 Å². The summed E-state index contributed by atoms with van der Waals surface area (Å²) in [7, 11) is 1.98. The second-order valence-corrected chi connectivity index (χ2v) is 7.91. The maximum atomic E-state index is 12.2. The lowest BCUT2D eigenvalue weighted by Gasteiger charge is -2.21. The summed E-state index contributed by atoms with van der Waals surface area (Å²) in [6, 6.07) is 4.33. The highest BCUT2D eigenvalue weighted by Crippen LogP contribution is 2.34. The maximum absolute atomic E-state index is 12.2. The van der Waals surface area contributed by atoms with Crippen LogP contribution in [0.25, 0.3) is 0 Å². The van der Waals surface area contributed by atoms with Crippen LogP contribution < -0.4 is 10.6 Å². The van der Waals surface area contributed by atoms with Gasteiger partial charge < -0.3 is 10.6 Å². The van der Waals surface area contributed by atoms with Crippen molar-refractivity contribution in [1.82, 2.24) is 10.2 Å². The lowest BCUT2D eigenvalue weighted by molar-refractivity contribution is -0.117. The van der Waals surface area contributed by atoms with Gasteiger partial charge in [0.15, 0.2) is 0 Å². The van der Waals surface area contributed by atoms with Crippen LogP contribution in [0.15, 0.2) is 25.6 Å². The first-order valence-corrected chi connectivity index (χ1v) is 9.20. The van der Waals surface area contributed by atoms with Gasteiger partial charge in [-0.15, -0.1) is 0 Å². The van der Waals surface area contributed by atoms with E-state index in [0.717, 1.165) is 32.2 Å². The van der Waals surface area contributed by atoms with E-state index in [1.165, 1.54) is 12.8 Å². The number of likely N-dealkylation sites (N-methyl/N-ethyl adjacent to an activating group) is 1. The first kappa shape index (κ1) is 17.4. The molecular formula is C14H18Br3N3O. The Kier molecular flexibility index (Phi) is 6.68. The monoisotopic (exact) mass is 481 g/mol. The molecule has 116 valence electrons. The zero-order chi connectivity index (χ0) is 15.4. The molecule has 2 rings (SSSR count). The third kappa shape index (κ3) is 5.32. The van der Waals surface area contributed by atoms with E-state index < -0.39 is 0 Å². The molecule has 1 unspecified atom stereocenters. The van der Waals surface area contributed by atoms with Crippen molar-refractivity contribution in [3.05, 3.63) is 25.6 Å². The predicted octanol–water partition coefficient (Wildman–Crippen LogP) is 3.60. The Morgan fingerprint density at radius 2 is 2.05 bits per heavy atom. The second-order valence-electron chi connectivity index (χ2n) is 5.28. The van der Waals surface area contributed by atoms with E-state index in [0.29, 0.717) is 12.6 Å². The average Bonchev–Trinajstić information content (AvgIpc) is 2.86. The van der Waals surface area contributed by atoms with Crippen molar-refractivity contribution >= 4 is 59.4 Å². The summed E-state index contributed by atoms with van der Waals surface area (Å²) >= 11 is 10.3. The van der Waals surface area contributed by atoms with Gasteiger partial charge in [0.25, 0.3) is 0 Å². The molecule has 1 aromatic carbocycles. The molecule has 1 fully saturated rings. The molecule has 1 atom stereocenters. The average molecular weight is 484 g/mol. The highest BCUT2D eigenvalue weighted by molar-refractivity contribution is 9.11. The van der Waals surface area contributed by atoms with Crippen LogP contribution in [0.3, 0.4) is 0 Å². The number of anilines is 1. The number of carbonyl (C=O) groups excluding carboxylic acids is 1. The van der Waals surface area contributed by atoms with Crippen LogP contribution in [-0.2, 0) is 4.79 Å². The number of rotatable bonds is 5. The highest BCUT2D eigenvalue weighted by Gasteiger charge is 2.18. The van der Waals surface area contributed by atoms with Gasteiger partial charge in [-0.2, -0.15) is 0 Å². The number of benzene rings is 1. The maximum Gasteiger partial charge on any atom is 0.238 e. The lowest BCUT2D eigenvalue weighted by atomic mass is 10.2. The number of carbonyl (C=O) groups is 1. The van der Waals surface area contributed by atoms with E-state index in [2.05, 4.69) is 63.3 Å². The molecule has 21 heavy (non-hydrogen) atoms. The van der Waals surface area contributed by atoms with Crippen molar-refractivity contribution in [2.75, 3.05) is 32.0 Å². The molecule has 1 saturated heterocycles. The van der Waals surface area contributed by atoms with Crippen LogP contribution in [0.1, 0.15) is 12.8 Å². The van der Waals surface area contributed by atoms with Gasteiger partial charge in [0.2, 0.25) is 5.91 Å². The molecule has 1 aromatic rings. The smallest absolute Gasteiger partial charge is 0.238 e. The van der Waals surface area contributed by atoms with Crippen LogP contribution in [0.5, 0.6) is 0 Å². The number of halogens is 3. The van der Waals surface area contributed by atoms with Crippen molar-refractivity contribution < 1.29 is 4.79 Å². The molecule has 7 heteroatoms. The van der Waals surface area contributed by atoms with Crippen LogP contribution in [-0.4, -0.2) is 43.5 Å². The topological polar surface area (TPSA) is 44.4 Å². The van der Waals surface area contributed by atoms with E-state index in [1.807, 2.05) is 19.2 Å². The van der Waals surface area contributed by atoms with Crippen LogP contribution in [0.4, 0.5) is 5.69 Å². The summed E-state index contributed by atoms with van der Waals surface area (Å²) in [6.07, 6.45) is 2.42. The zero-order valence-corrected chi connectivity index (χ0v) is 16.5. The summed E-state index contributed by atoms with van der Waals surface area (Å²) in [4.78, 5) is 14.2. The Morgan fingerprint density at radius 1 is 1.38 bits per heavy atom. The van der Waals surface area contributed by atoms with Gasteiger partial charge in [-0.1, -0.05) is 15.9 Å². The Labute approximate surface area is 150 Å². The number of amides is 1. The van der Waals surface area contributed by atoms with Crippen molar-refractivity contribution in [3.8, 4) is 0 Å². The lowest BCUT2D eigenvalue weighted by Crippen LogP contribution is -2.39. The van der Waals surface area contributed by atoms with E-state index in [4.69, 9.17) is 0 Å². The van der Waals surface area contributed by atoms with Crippen molar-refractivity contribution in [2.45, 2.75) is 18.9 Å². The molecule has 0 radical (unpaired) electrons. The zero-order valence-electron chi connectivity index (χ0n) is 11.8. The summed E-state index contributed by atoms with van der Waals surface area (Å²) in [5.41, 5.74) is 0.760. The Hall–Kier alpha value is 0.0500. The third-order valence-corrected chi connectivity index (χ3v) is 5.09. The molecule has 1 aliphatic heterocycles. The molecule has 0 saturated carbocycles. The van der Waals surface area contributed by atoms with Crippen LogP contribution in [0, 0.1) is 0 Å². The van der Waals surface area contributed by atoms with Gasteiger partial charge in [-0.3, -0.25) is 9.69 Å². The minimum absolute atomic E-state index is 0.0146. The van der Waals surface area contributed by atoms with E-state index in [-0.39, 0.29) is 5.91 Å². The summed E-state index contributed by atoms with van der Waals surface area (Å²) in [5, 5.41) is 6.39. The second kappa shape index (κ2) is 8.06. The summed E-state index contributed by atoms with van der Waals surface area (Å²) in [6.45, 7) is 2.37. The van der Waals surface area contributed by atoms with Crippen molar-refractivity contribution in [3.63, 3.8) is 0 Å². The van der Waals surface area contributed by atoms with Crippen LogP contribution in [0.2, 0.25) is 0 Å². The summed E-state index contributed by atoms with van der Waals surface area (Å²) in [5.74, 6) is -0.0146. The van der Waals surface area contributed by atoms with Crippen molar-refractivity contribution in [1.29, 1.82) is 0 Å². The van der Waals surface area contributed by atoms with Gasteiger partial charge in [0.05, 0.1) is 12.2 Å². The first-order chi connectivity index (χ1) is 9.95.